The number of carbonyl (C=O) groups is 3. The largest absolute Gasteiger partial charge is 0.457 e. The Bertz CT molecular complexity index is 988. The number of ether oxygens (including phenoxy) is 1. The first kappa shape index (κ1) is 21.7. The Morgan fingerprint density at radius 1 is 0.758 bits per heavy atom. The molecule has 0 bridgehead atoms. The fourth-order valence-corrected chi connectivity index (χ4v) is 5.62. The van der Waals surface area contributed by atoms with Crippen LogP contribution in [0.3, 0.4) is 0 Å². The lowest BCUT2D eigenvalue weighted by molar-refractivity contribution is -0.143. The SMILES string of the molecule is O=C(Nc1ccc(Oc2ccccc2)cc1)C1CCC(N2C(=O)[C@H]3CCCC[C@H]3C2=O)CC1. The van der Waals surface area contributed by atoms with Crippen molar-refractivity contribution < 1.29 is 19.1 Å². The molecule has 2 aromatic carbocycles. The molecule has 2 aliphatic carbocycles. The van der Waals surface area contributed by atoms with Crippen LogP contribution in [0.4, 0.5) is 5.69 Å². The number of hydrogen-bond donors (Lipinski definition) is 1. The van der Waals surface area contributed by atoms with Gasteiger partial charge in [0.05, 0.1) is 11.8 Å². The van der Waals surface area contributed by atoms with E-state index in [4.69, 9.17) is 4.74 Å². The van der Waals surface area contributed by atoms with Gasteiger partial charge >= 0.3 is 0 Å². The molecule has 6 nitrogen and oxygen atoms in total. The van der Waals surface area contributed by atoms with Crippen LogP contribution < -0.4 is 10.1 Å². The molecule has 0 spiro atoms. The minimum atomic E-state index is -0.100. The summed E-state index contributed by atoms with van der Waals surface area (Å²) in [6.07, 6.45) is 6.58. The summed E-state index contributed by atoms with van der Waals surface area (Å²) < 4.78 is 5.80. The van der Waals surface area contributed by atoms with Gasteiger partial charge in [0.25, 0.3) is 0 Å². The van der Waals surface area contributed by atoms with Crippen molar-refractivity contribution in [2.45, 2.75) is 57.4 Å². The van der Waals surface area contributed by atoms with Crippen LogP contribution in [-0.4, -0.2) is 28.7 Å². The van der Waals surface area contributed by atoms with E-state index in [0.29, 0.717) is 31.4 Å². The molecule has 33 heavy (non-hydrogen) atoms. The highest BCUT2D eigenvalue weighted by Gasteiger charge is 2.50. The lowest BCUT2D eigenvalue weighted by Gasteiger charge is -2.33. The number of fused-ring (bicyclic) bond motifs is 1. The van der Waals surface area contributed by atoms with Crippen LogP contribution in [-0.2, 0) is 14.4 Å². The molecule has 5 rings (SSSR count). The number of imide groups is 1. The maximum absolute atomic E-state index is 12.9. The Morgan fingerprint density at radius 2 is 1.33 bits per heavy atom. The van der Waals surface area contributed by atoms with Gasteiger partial charge in [-0.05, 0) is 74.9 Å². The third kappa shape index (κ3) is 4.52. The summed E-state index contributed by atoms with van der Waals surface area (Å²) in [5, 5.41) is 3.00. The Morgan fingerprint density at radius 3 is 1.94 bits per heavy atom. The topological polar surface area (TPSA) is 75.7 Å². The molecule has 0 unspecified atom stereocenters. The Kier molecular flexibility index (Phi) is 6.16. The van der Waals surface area contributed by atoms with Crippen LogP contribution in [0.15, 0.2) is 54.6 Å². The zero-order valence-corrected chi connectivity index (χ0v) is 18.7. The Labute approximate surface area is 194 Å². The first-order valence-electron chi connectivity index (χ1n) is 12.1. The highest BCUT2D eigenvalue weighted by atomic mass is 16.5. The van der Waals surface area contributed by atoms with Gasteiger partial charge in [-0.25, -0.2) is 0 Å². The molecular weight excluding hydrogens is 416 g/mol. The van der Waals surface area contributed by atoms with Crippen molar-refractivity contribution in [2.75, 3.05) is 5.32 Å². The molecule has 3 fully saturated rings. The van der Waals surface area contributed by atoms with Gasteiger partial charge in [-0.3, -0.25) is 19.3 Å². The van der Waals surface area contributed by atoms with E-state index in [1.54, 1.807) is 4.90 Å². The van der Waals surface area contributed by atoms with Crippen LogP contribution in [0.5, 0.6) is 11.5 Å². The van der Waals surface area contributed by atoms with E-state index in [1.165, 1.54) is 0 Å². The van der Waals surface area contributed by atoms with Crippen molar-refractivity contribution in [3.63, 3.8) is 0 Å². The number of para-hydroxylation sites is 1. The average Bonchev–Trinajstić information content (AvgIpc) is 3.11. The monoisotopic (exact) mass is 446 g/mol. The molecule has 1 heterocycles. The van der Waals surface area contributed by atoms with E-state index in [9.17, 15) is 14.4 Å². The molecule has 2 aromatic rings. The number of rotatable bonds is 5. The maximum atomic E-state index is 12.9. The number of benzene rings is 2. The lowest BCUT2D eigenvalue weighted by Crippen LogP contribution is -2.43. The first-order chi connectivity index (χ1) is 16.1. The summed E-state index contributed by atoms with van der Waals surface area (Å²) in [6.45, 7) is 0. The summed E-state index contributed by atoms with van der Waals surface area (Å²) in [6, 6.07) is 16.9. The van der Waals surface area contributed by atoms with Crippen molar-refractivity contribution in [3.8, 4) is 11.5 Å². The molecule has 3 aliphatic rings. The molecule has 172 valence electrons. The van der Waals surface area contributed by atoms with Gasteiger partial charge in [-0.2, -0.15) is 0 Å². The van der Waals surface area contributed by atoms with E-state index >= 15 is 0 Å². The number of amides is 3. The third-order valence-electron chi connectivity index (χ3n) is 7.41. The van der Waals surface area contributed by atoms with Crippen molar-refractivity contribution in [1.82, 2.24) is 4.90 Å². The highest BCUT2D eigenvalue weighted by molar-refractivity contribution is 6.05. The van der Waals surface area contributed by atoms with Crippen molar-refractivity contribution in [1.29, 1.82) is 0 Å². The second-order valence-corrected chi connectivity index (χ2v) is 9.48. The first-order valence-corrected chi connectivity index (χ1v) is 12.1. The zero-order valence-electron chi connectivity index (χ0n) is 18.7. The van der Waals surface area contributed by atoms with E-state index < -0.39 is 0 Å². The molecule has 1 N–H and O–H groups in total. The van der Waals surface area contributed by atoms with Gasteiger partial charge in [0.1, 0.15) is 11.5 Å². The molecule has 2 saturated carbocycles. The van der Waals surface area contributed by atoms with Gasteiger partial charge in [0.2, 0.25) is 17.7 Å². The summed E-state index contributed by atoms with van der Waals surface area (Å²) in [4.78, 5) is 40.1. The quantitative estimate of drug-likeness (QED) is 0.645. The van der Waals surface area contributed by atoms with Crippen LogP contribution in [0.1, 0.15) is 51.4 Å². The standard InChI is InChI=1S/C27H30N2O4/c30-25(28-19-12-16-22(17-13-19)33-21-6-2-1-3-7-21)18-10-14-20(15-11-18)29-26(31)23-8-4-5-9-24(23)27(29)32/h1-3,6-7,12-13,16-18,20,23-24H,4-5,8-11,14-15H2,(H,28,30)/t18?,20?,23-,24+. The molecule has 0 aromatic heterocycles. The predicted octanol–water partition coefficient (Wildman–Crippen LogP) is 5.15. The van der Waals surface area contributed by atoms with E-state index in [0.717, 1.165) is 37.1 Å². The summed E-state index contributed by atoms with van der Waals surface area (Å²) >= 11 is 0. The van der Waals surface area contributed by atoms with Crippen LogP contribution in [0.2, 0.25) is 0 Å². The fourth-order valence-electron chi connectivity index (χ4n) is 5.62. The van der Waals surface area contributed by atoms with Gasteiger partial charge in [-0.15, -0.1) is 0 Å². The fraction of sp³-hybridized carbons (Fsp3) is 0.444. The smallest absolute Gasteiger partial charge is 0.233 e. The van der Waals surface area contributed by atoms with E-state index in [-0.39, 0.29) is 41.5 Å². The number of likely N-dealkylation sites (tertiary alicyclic amines) is 1. The minimum absolute atomic E-state index is 0.00192. The van der Waals surface area contributed by atoms with Gasteiger partial charge < -0.3 is 10.1 Å². The average molecular weight is 447 g/mol. The van der Waals surface area contributed by atoms with Gasteiger partial charge in [-0.1, -0.05) is 31.0 Å². The molecule has 2 atom stereocenters. The lowest BCUT2D eigenvalue weighted by atomic mass is 9.81. The van der Waals surface area contributed by atoms with Gasteiger partial charge in [0, 0.05) is 17.6 Å². The van der Waals surface area contributed by atoms with Crippen LogP contribution in [0.25, 0.3) is 0 Å². The molecule has 0 radical (unpaired) electrons. The second-order valence-electron chi connectivity index (χ2n) is 9.48. The maximum Gasteiger partial charge on any atom is 0.233 e. The number of anilines is 1. The molecule has 6 heteroatoms. The summed E-state index contributed by atoms with van der Waals surface area (Å²) in [5.74, 6) is 1.25. The van der Waals surface area contributed by atoms with Crippen molar-refractivity contribution >= 4 is 23.4 Å². The second kappa shape index (κ2) is 9.38. The Balaban J connectivity index is 1.13. The molecule has 3 amide bonds. The normalized spacial score (nSPS) is 27.2. The number of hydrogen-bond acceptors (Lipinski definition) is 4. The number of nitrogens with one attached hydrogen (secondary N) is 1. The Hall–Kier alpha value is -3.15. The minimum Gasteiger partial charge on any atom is -0.457 e. The zero-order chi connectivity index (χ0) is 22.8. The number of carbonyl (C=O) groups excluding carboxylic acids is 3. The third-order valence-corrected chi connectivity index (χ3v) is 7.41. The predicted molar refractivity (Wildman–Crippen MR) is 125 cm³/mol. The van der Waals surface area contributed by atoms with Crippen LogP contribution in [0, 0.1) is 17.8 Å². The number of nitrogens with zero attached hydrogens (tertiary/aromatic N) is 1. The molecule has 1 saturated heterocycles. The van der Waals surface area contributed by atoms with E-state index in [2.05, 4.69) is 5.32 Å². The molecular formula is C27H30N2O4. The molecule has 1 aliphatic heterocycles. The summed E-state index contributed by atoms with van der Waals surface area (Å²) in [7, 11) is 0. The van der Waals surface area contributed by atoms with Crippen LogP contribution >= 0.6 is 0 Å². The van der Waals surface area contributed by atoms with Crippen molar-refractivity contribution in [3.05, 3.63) is 54.6 Å². The van der Waals surface area contributed by atoms with E-state index in [1.807, 2.05) is 54.6 Å². The highest BCUT2D eigenvalue weighted by Crippen LogP contribution is 2.41. The van der Waals surface area contributed by atoms with Crippen molar-refractivity contribution in [2.24, 2.45) is 17.8 Å². The van der Waals surface area contributed by atoms with Gasteiger partial charge in [0.15, 0.2) is 0 Å². The summed E-state index contributed by atoms with van der Waals surface area (Å²) in [5.41, 5.74) is 0.733.